The van der Waals surface area contributed by atoms with Crippen LogP contribution in [0.25, 0.3) is 27.8 Å². The van der Waals surface area contributed by atoms with E-state index in [-0.39, 0.29) is 23.6 Å². The first-order chi connectivity index (χ1) is 16.6. The van der Waals surface area contributed by atoms with Crippen molar-refractivity contribution in [2.75, 3.05) is 19.8 Å². The number of allylic oxidation sites excluding steroid dienone is 3. The van der Waals surface area contributed by atoms with Crippen LogP contribution >= 0.6 is 0 Å². The van der Waals surface area contributed by atoms with Gasteiger partial charge in [-0.1, -0.05) is 12.7 Å². The predicted molar refractivity (Wildman–Crippen MR) is 131 cm³/mol. The molecule has 0 radical (unpaired) electrons. The molecule has 0 spiro atoms. The Morgan fingerprint density at radius 1 is 1.29 bits per heavy atom. The first-order valence-electron chi connectivity index (χ1n) is 10.8. The summed E-state index contributed by atoms with van der Waals surface area (Å²) >= 11 is 0. The van der Waals surface area contributed by atoms with Crippen molar-refractivity contribution in [3.05, 3.63) is 76.9 Å². The quantitative estimate of drug-likeness (QED) is 0.408. The van der Waals surface area contributed by atoms with Gasteiger partial charge in [0.1, 0.15) is 35.8 Å². The molecule has 0 saturated carbocycles. The van der Waals surface area contributed by atoms with Crippen LogP contribution < -0.4 is 11.4 Å². The first kappa shape index (κ1) is 24.0. The van der Waals surface area contributed by atoms with Gasteiger partial charge in [0, 0.05) is 42.1 Å². The third kappa shape index (κ3) is 4.26. The molecule has 0 aliphatic carbocycles. The van der Waals surface area contributed by atoms with E-state index in [4.69, 9.17) is 5.73 Å². The largest absolute Gasteiger partial charge is 0.383 e. The molecule has 3 aromatic heterocycles. The minimum absolute atomic E-state index is 0.0333. The van der Waals surface area contributed by atoms with Gasteiger partial charge in [0.15, 0.2) is 0 Å². The van der Waals surface area contributed by atoms with E-state index in [1.165, 1.54) is 36.3 Å². The normalized spacial score (nSPS) is 12.4. The van der Waals surface area contributed by atoms with E-state index in [2.05, 4.69) is 21.6 Å². The number of halogens is 2. The first-order valence-corrected chi connectivity index (χ1v) is 10.8. The highest BCUT2D eigenvalue weighted by Crippen LogP contribution is 2.38. The molecular weight excluding hydrogens is 454 g/mol. The van der Waals surface area contributed by atoms with Gasteiger partial charge in [-0.05, 0) is 33.2 Å². The molecule has 0 aliphatic heterocycles. The number of rotatable bonds is 7. The average molecular weight is 481 g/mol. The number of nitrogens with zero attached hydrogens (tertiary/aromatic N) is 7. The highest BCUT2D eigenvalue weighted by atomic mass is 19.1. The lowest BCUT2D eigenvalue weighted by Crippen LogP contribution is -2.24. The second-order valence-corrected chi connectivity index (χ2v) is 8.46. The second-order valence-electron chi connectivity index (χ2n) is 8.46. The highest BCUT2D eigenvalue weighted by Gasteiger charge is 2.23. The van der Waals surface area contributed by atoms with Gasteiger partial charge in [-0.3, -0.25) is 4.57 Å². The van der Waals surface area contributed by atoms with Crippen LogP contribution in [0.4, 0.5) is 14.6 Å². The van der Waals surface area contributed by atoms with Crippen LogP contribution in [0.2, 0.25) is 0 Å². The third-order valence-electron chi connectivity index (χ3n) is 5.81. The lowest BCUT2D eigenvalue weighted by molar-refractivity contribution is 0.392. The molecule has 1 aromatic carbocycles. The van der Waals surface area contributed by atoms with Gasteiger partial charge in [0.2, 0.25) is 0 Å². The van der Waals surface area contributed by atoms with Crippen LogP contribution in [0.1, 0.15) is 12.6 Å². The summed E-state index contributed by atoms with van der Waals surface area (Å²) in [5.41, 5.74) is 8.44. The lowest BCUT2D eigenvalue weighted by Gasteiger charge is -2.14. The Labute approximate surface area is 200 Å². The minimum Gasteiger partial charge on any atom is -0.383 e. The third-order valence-corrected chi connectivity index (χ3v) is 5.81. The molecule has 0 aliphatic rings. The van der Waals surface area contributed by atoms with Gasteiger partial charge in [-0.25, -0.2) is 23.5 Å². The summed E-state index contributed by atoms with van der Waals surface area (Å²) < 4.78 is 33.4. The number of benzene rings is 1. The maximum atomic E-state index is 15.6. The second kappa shape index (κ2) is 9.26. The van der Waals surface area contributed by atoms with Crippen LogP contribution in [-0.2, 0) is 20.1 Å². The van der Waals surface area contributed by atoms with E-state index in [1.54, 1.807) is 12.1 Å². The Morgan fingerprint density at radius 2 is 2.03 bits per heavy atom. The zero-order valence-electron chi connectivity index (χ0n) is 20.0. The van der Waals surface area contributed by atoms with E-state index < -0.39 is 17.3 Å². The van der Waals surface area contributed by atoms with Gasteiger partial charge in [0.05, 0.1) is 17.6 Å². The summed E-state index contributed by atoms with van der Waals surface area (Å²) in [4.78, 5) is 23.2. The summed E-state index contributed by atoms with van der Waals surface area (Å²) in [7, 11) is 5.67. The van der Waals surface area contributed by atoms with E-state index in [0.717, 1.165) is 10.4 Å². The standard InChI is InChI=1S/C24H26F2N8O/c1-6-15(14(2)25)10-33-13-30-34(24(33)35)16-7-8-17(18(26)9-16)20-19(11-31(3)4)32(5)23-21(20)22(27)28-12-29-23/h6-9,12-13H,1,10-11H2,2-5H3,(H2,27,28,29)/b15-14-. The van der Waals surface area contributed by atoms with Crippen molar-refractivity contribution in [2.24, 2.45) is 7.05 Å². The molecule has 0 amide bonds. The summed E-state index contributed by atoms with van der Waals surface area (Å²) in [6.07, 6.45) is 4.00. The number of nitrogens with two attached hydrogens (primary N) is 1. The Bertz CT molecular complexity index is 1520. The van der Waals surface area contributed by atoms with Crippen molar-refractivity contribution in [3.63, 3.8) is 0 Å². The molecule has 0 saturated heterocycles. The van der Waals surface area contributed by atoms with Gasteiger partial charge in [0.25, 0.3) is 0 Å². The van der Waals surface area contributed by atoms with Crippen LogP contribution in [0.5, 0.6) is 0 Å². The summed E-state index contributed by atoms with van der Waals surface area (Å²) in [6.45, 7) is 5.33. The Kier molecular flexibility index (Phi) is 6.35. The molecule has 11 heteroatoms. The Morgan fingerprint density at radius 3 is 2.66 bits per heavy atom. The Hall–Kier alpha value is -4.12. The summed E-state index contributed by atoms with van der Waals surface area (Å²) in [5.74, 6) is -0.758. The van der Waals surface area contributed by atoms with Crippen molar-refractivity contribution in [2.45, 2.75) is 20.0 Å². The van der Waals surface area contributed by atoms with E-state index in [9.17, 15) is 9.18 Å². The molecule has 4 rings (SSSR count). The van der Waals surface area contributed by atoms with Crippen LogP contribution in [-0.4, -0.2) is 47.9 Å². The predicted octanol–water partition coefficient (Wildman–Crippen LogP) is 3.20. The van der Waals surface area contributed by atoms with Gasteiger partial charge < -0.3 is 15.2 Å². The minimum atomic E-state index is -0.564. The summed E-state index contributed by atoms with van der Waals surface area (Å²) in [6, 6.07) is 4.41. The molecule has 0 bridgehead atoms. The van der Waals surface area contributed by atoms with Gasteiger partial charge in [-0.2, -0.15) is 9.78 Å². The fraction of sp³-hybridized carbons (Fsp3) is 0.250. The number of nitrogen functional groups attached to an aromatic ring is 1. The zero-order valence-corrected chi connectivity index (χ0v) is 20.0. The number of hydrogen-bond donors (Lipinski definition) is 1. The van der Waals surface area contributed by atoms with Crippen molar-refractivity contribution < 1.29 is 8.78 Å². The number of aryl methyl sites for hydroxylation is 1. The average Bonchev–Trinajstić information content (AvgIpc) is 3.30. The van der Waals surface area contributed by atoms with Crippen molar-refractivity contribution in [3.8, 4) is 16.8 Å². The molecule has 35 heavy (non-hydrogen) atoms. The maximum Gasteiger partial charge on any atom is 0.350 e. The fourth-order valence-corrected chi connectivity index (χ4v) is 4.05. The van der Waals surface area contributed by atoms with Crippen molar-refractivity contribution >= 4 is 16.9 Å². The molecular formula is C24H26F2N8O. The number of aromatic nitrogens is 6. The van der Waals surface area contributed by atoms with Crippen LogP contribution in [0.3, 0.4) is 0 Å². The monoisotopic (exact) mass is 480 g/mol. The van der Waals surface area contributed by atoms with E-state index in [0.29, 0.717) is 28.7 Å². The summed E-state index contributed by atoms with van der Waals surface area (Å²) in [5, 5.41) is 4.63. The van der Waals surface area contributed by atoms with Crippen molar-refractivity contribution in [1.82, 2.24) is 33.8 Å². The lowest BCUT2D eigenvalue weighted by atomic mass is 10.0. The molecule has 4 aromatic rings. The number of hydrogen-bond acceptors (Lipinski definition) is 6. The molecule has 0 atom stereocenters. The number of anilines is 1. The molecule has 0 fully saturated rings. The SMILES string of the molecule is C=C/C(Cn1cnn(-c2ccc(-c3c(CN(C)C)n(C)c4ncnc(N)c34)c(F)c2)c1=O)=C(\C)F. The van der Waals surface area contributed by atoms with E-state index >= 15 is 4.39 Å². The highest BCUT2D eigenvalue weighted by molar-refractivity contribution is 6.02. The topological polar surface area (TPSA) is 99.8 Å². The molecule has 0 unspecified atom stereocenters. The fourth-order valence-electron chi connectivity index (χ4n) is 4.05. The maximum absolute atomic E-state index is 15.6. The van der Waals surface area contributed by atoms with Crippen LogP contribution in [0.15, 0.2) is 59.7 Å². The molecule has 2 N–H and O–H groups in total. The number of fused-ring (bicyclic) bond motifs is 1. The van der Waals surface area contributed by atoms with Crippen LogP contribution in [0, 0.1) is 5.82 Å². The Balaban J connectivity index is 1.83. The van der Waals surface area contributed by atoms with E-state index in [1.807, 2.05) is 30.6 Å². The van der Waals surface area contributed by atoms with Gasteiger partial charge in [-0.15, -0.1) is 0 Å². The van der Waals surface area contributed by atoms with Gasteiger partial charge >= 0.3 is 5.69 Å². The smallest absolute Gasteiger partial charge is 0.350 e. The van der Waals surface area contributed by atoms with Crippen molar-refractivity contribution in [1.29, 1.82) is 0 Å². The molecule has 182 valence electrons. The molecule has 9 nitrogen and oxygen atoms in total. The molecule has 3 heterocycles. The zero-order chi connectivity index (χ0) is 25.4.